The summed E-state index contributed by atoms with van der Waals surface area (Å²) in [5, 5.41) is 11.7. The summed E-state index contributed by atoms with van der Waals surface area (Å²) in [7, 11) is 0. The number of hydrogen-bond donors (Lipinski definition) is 1. The molecule has 0 aromatic rings. The molecular formula is C9H16N2O. The van der Waals surface area contributed by atoms with Crippen LogP contribution in [0.15, 0.2) is 0 Å². The highest BCUT2D eigenvalue weighted by atomic mass is 16.5. The van der Waals surface area contributed by atoms with Crippen LogP contribution < -0.4 is 5.32 Å². The number of rotatable bonds is 3. The number of nitrogens with zero attached hydrogens (tertiary/aromatic N) is 1. The van der Waals surface area contributed by atoms with Crippen molar-refractivity contribution in [1.29, 1.82) is 5.26 Å². The first-order chi connectivity index (χ1) is 5.83. The van der Waals surface area contributed by atoms with Crippen molar-refractivity contribution >= 4 is 0 Å². The van der Waals surface area contributed by atoms with Crippen molar-refractivity contribution in [2.45, 2.75) is 38.4 Å². The Bertz CT molecular complexity index is 158. The van der Waals surface area contributed by atoms with Crippen LogP contribution in [0, 0.1) is 11.3 Å². The Morgan fingerprint density at radius 1 is 1.58 bits per heavy atom. The summed E-state index contributed by atoms with van der Waals surface area (Å²) >= 11 is 0. The van der Waals surface area contributed by atoms with Gasteiger partial charge in [0.15, 0.2) is 0 Å². The van der Waals surface area contributed by atoms with Crippen molar-refractivity contribution in [3.8, 4) is 6.07 Å². The summed E-state index contributed by atoms with van der Waals surface area (Å²) in [4.78, 5) is 0. The van der Waals surface area contributed by atoms with Crippen LogP contribution in [-0.4, -0.2) is 25.3 Å². The lowest BCUT2D eigenvalue weighted by molar-refractivity contribution is -0.0146. The maximum absolute atomic E-state index is 8.42. The first-order valence-electron chi connectivity index (χ1n) is 4.56. The molecule has 3 heteroatoms. The van der Waals surface area contributed by atoms with Gasteiger partial charge >= 0.3 is 0 Å². The topological polar surface area (TPSA) is 45.0 Å². The van der Waals surface area contributed by atoms with Gasteiger partial charge in [-0.2, -0.15) is 5.26 Å². The average molecular weight is 168 g/mol. The molecule has 0 unspecified atom stereocenters. The molecule has 0 aromatic heterocycles. The van der Waals surface area contributed by atoms with Gasteiger partial charge in [-0.1, -0.05) is 0 Å². The Balaban J connectivity index is 2.16. The highest BCUT2D eigenvalue weighted by molar-refractivity contribution is 4.76. The van der Waals surface area contributed by atoms with Gasteiger partial charge in [-0.15, -0.1) is 0 Å². The number of nitrogens with one attached hydrogen (secondary N) is 1. The van der Waals surface area contributed by atoms with E-state index in [9.17, 15) is 0 Å². The minimum Gasteiger partial charge on any atom is -0.374 e. The Morgan fingerprint density at radius 3 is 2.83 bits per heavy atom. The number of hydrogen-bond acceptors (Lipinski definition) is 3. The second-order valence-electron chi connectivity index (χ2n) is 3.26. The summed E-state index contributed by atoms with van der Waals surface area (Å²) in [5.74, 6) is 0. The summed E-state index contributed by atoms with van der Waals surface area (Å²) in [5.41, 5.74) is 0. The molecule has 0 spiro atoms. The zero-order chi connectivity index (χ0) is 8.81. The molecule has 0 radical (unpaired) electrons. The van der Waals surface area contributed by atoms with Gasteiger partial charge in [-0.3, -0.25) is 0 Å². The molecule has 1 rings (SSSR count). The van der Waals surface area contributed by atoms with E-state index in [4.69, 9.17) is 10.00 Å². The molecule has 1 aliphatic rings. The molecule has 1 fully saturated rings. The van der Waals surface area contributed by atoms with Gasteiger partial charge in [0.1, 0.15) is 0 Å². The lowest BCUT2D eigenvalue weighted by Gasteiger charge is -2.25. The van der Waals surface area contributed by atoms with E-state index in [1.807, 2.05) is 6.92 Å². The smallest absolute Gasteiger partial charge is 0.0680 e. The first-order valence-corrected chi connectivity index (χ1v) is 4.56. The van der Waals surface area contributed by atoms with E-state index in [1.54, 1.807) is 0 Å². The zero-order valence-electron chi connectivity index (χ0n) is 7.55. The Hall–Kier alpha value is -0.590. The standard InChI is InChI=1S/C9H16N2O/c1-8(2-5-10)12-9-3-6-11-7-4-9/h8-9,11H,2-4,6-7H2,1H3/t8-/m1/s1. The maximum Gasteiger partial charge on any atom is 0.0680 e. The average Bonchev–Trinajstić information content (AvgIpc) is 2.06. The van der Waals surface area contributed by atoms with Gasteiger partial charge in [0, 0.05) is 0 Å². The third-order valence-corrected chi connectivity index (χ3v) is 2.09. The fourth-order valence-corrected chi connectivity index (χ4v) is 1.44. The maximum atomic E-state index is 8.42. The second-order valence-corrected chi connectivity index (χ2v) is 3.26. The molecule has 3 nitrogen and oxygen atoms in total. The molecule has 1 atom stereocenters. The first kappa shape index (κ1) is 9.50. The van der Waals surface area contributed by atoms with E-state index in [-0.39, 0.29) is 6.10 Å². The lowest BCUT2D eigenvalue weighted by atomic mass is 10.1. The summed E-state index contributed by atoms with van der Waals surface area (Å²) < 4.78 is 5.67. The number of piperidine rings is 1. The molecule has 1 heterocycles. The minimum atomic E-state index is 0.0955. The molecule has 0 bridgehead atoms. The van der Waals surface area contributed by atoms with Crippen molar-refractivity contribution in [1.82, 2.24) is 5.32 Å². The molecular weight excluding hydrogens is 152 g/mol. The third kappa shape index (κ3) is 3.21. The molecule has 12 heavy (non-hydrogen) atoms. The van der Waals surface area contributed by atoms with E-state index in [1.165, 1.54) is 0 Å². The Labute approximate surface area is 73.7 Å². The Morgan fingerprint density at radius 2 is 2.25 bits per heavy atom. The van der Waals surface area contributed by atoms with Gasteiger partial charge in [-0.25, -0.2) is 0 Å². The number of nitriles is 1. The monoisotopic (exact) mass is 168 g/mol. The van der Waals surface area contributed by atoms with Gasteiger partial charge < -0.3 is 10.1 Å². The van der Waals surface area contributed by atoms with E-state index in [0.717, 1.165) is 25.9 Å². The van der Waals surface area contributed by atoms with Crippen LogP contribution in [0.1, 0.15) is 26.2 Å². The fraction of sp³-hybridized carbons (Fsp3) is 0.889. The highest BCUT2D eigenvalue weighted by Crippen LogP contribution is 2.11. The predicted molar refractivity (Wildman–Crippen MR) is 46.7 cm³/mol. The summed E-state index contributed by atoms with van der Waals surface area (Å²) in [6.45, 7) is 4.05. The molecule has 1 N–H and O–H groups in total. The normalized spacial score (nSPS) is 21.7. The lowest BCUT2D eigenvalue weighted by Crippen LogP contribution is -2.34. The van der Waals surface area contributed by atoms with Crippen LogP contribution in [0.3, 0.4) is 0 Å². The van der Waals surface area contributed by atoms with Gasteiger partial charge in [-0.05, 0) is 32.9 Å². The van der Waals surface area contributed by atoms with Crippen molar-refractivity contribution in [3.63, 3.8) is 0 Å². The summed E-state index contributed by atoms with van der Waals surface area (Å²) in [6, 6.07) is 2.12. The molecule has 0 saturated carbocycles. The van der Waals surface area contributed by atoms with Gasteiger partial charge in [0.25, 0.3) is 0 Å². The molecule has 68 valence electrons. The largest absolute Gasteiger partial charge is 0.374 e. The third-order valence-electron chi connectivity index (χ3n) is 2.09. The SMILES string of the molecule is C[C@H](CC#N)OC1CCNCC1. The van der Waals surface area contributed by atoms with Crippen LogP contribution in [0.5, 0.6) is 0 Å². The molecule has 0 aliphatic carbocycles. The second kappa shape index (κ2) is 5.13. The predicted octanol–water partition coefficient (Wildman–Crippen LogP) is 1.06. The number of ether oxygens (including phenoxy) is 1. The fourth-order valence-electron chi connectivity index (χ4n) is 1.44. The van der Waals surface area contributed by atoms with Crippen molar-refractivity contribution in [3.05, 3.63) is 0 Å². The van der Waals surface area contributed by atoms with Crippen LogP contribution in [0.2, 0.25) is 0 Å². The van der Waals surface area contributed by atoms with Gasteiger partial charge in [0.2, 0.25) is 0 Å². The van der Waals surface area contributed by atoms with Crippen LogP contribution in [-0.2, 0) is 4.74 Å². The van der Waals surface area contributed by atoms with Crippen molar-refractivity contribution in [2.24, 2.45) is 0 Å². The quantitative estimate of drug-likeness (QED) is 0.685. The van der Waals surface area contributed by atoms with Gasteiger partial charge in [0.05, 0.1) is 24.7 Å². The van der Waals surface area contributed by atoms with Crippen LogP contribution in [0.4, 0.5) is 0 Å². The van der Waals surface area contributed by atoms with E-state index >= 15 is 0 Å². The molecule has 1 aliphatic heterocycles. The zero-order valence-corrected chi connectivity index (χ0v) is 7.55. The summed E-state index contributed by atoms with van der Waals surface area (Å²) in [6.07, 6.45) is 3.13. The molecule has 0 amide bonds. The van der Waals surface area contributed by atoms with Crippen LogP contribution in [0.25, 0.3) is 0 Å². The van der Waals surface area contributed by atoms with Crippen molar-refractivity contribution in [2.75, 3.05) is 13.1 Å². The van der Waals surface area contributed by atoms with E-state index < -0.39 is 0 Å². The van der Waals surface area contributed by atoms with E-state index in [0.29, 0.717) is 12.5 Å². The molecule has 1 saturated heterocycles. The van der Waals surface area contributed by atoms with Crippen LogP contribution >= 0.6 is 0 Å². The van der Waals surface area contributed by atoms with E-state index in [2.05, 4.69) is 11.4 Å². The minimum absolute atomic E-state index is 0.0955. The highest BCUT2D eigenvalue weighted by Gasteiger charge is 2.15. The Kier molecular flexibility index (Phi) is 4.06. The van der Waals surface area contributed by atoms with Crippen molar-refractivity contribution < 1.29 is 4.74 Å². The molecule has 0 aromatic carbocycles.